The average molecular weight is 285 g/mol. The lowest BCUT2D eigenvalue weighted by molar-refractivity contribution is 0.466. The largest absolute Gasteiger partial charge is 0.438 e. The topological polar surface area (TPSA) is 48.1 Å². The summed E-state index contributed by atoms with van der Waals surface area (Å²) in [6, 6.07) is 17.4. The second-order valence-corrected chi connectivity index (χ2v) is 4.77. The summed E-state index contributed by atoms with van der Waals surface area (Å²) in [5.74, 6) is 1.26. The second-order valence-electron chi connectivity index (χ2n) is 4.36. The highest BCUT2D eigenvalue weighted by molar-refractivity contribution is 6.31. The number of aromatic nitrogens is 1. The summed E-state index contributed by atoms with van der Waals surface area (Å²) >= 11 is 6.00. The van der Waals surface area contributed by atoms with Gasteiger partial charge < -0.3 is 10.5 Å². The Morgan fingerprint density at radius 2 is 1.80 bits per heavy atom. The third kappa shape index (κ3) is 2.46. The van der Waals surface area contributed by atoms with Crippen molar-refractivity contribution < 1.29 is 4.74 Å². The maximum Gasteiger partial charge on any atom is 0.219 e. The van der Waals surface area contributed by atoms with Gasteiger partial charge in [0.15, 0.2) is 0 Å². The molecule has 2 aromatic carbocycles. The van der Waals surface area contributed by atoms with Crippen molar-refractivity contribution in [2.24, 2.45) is 5.73 Å². The first kappa shape index (κ1) is 12.9. The van der Waals surface area contributed by atoms with Crippen molar-refractivity contribution in [2.45, 2.75) is 6.54 Å². The van der Waals surface area contributed by atoms with E-state index in [-0.39, 0.29) is 6.54 Å². The van der Waals surface area contributed by atoms with Gasteiger partial charge in [-0.15, -0.1) is 0 Å². The molecule has 3 nitrogen and oxygen atoms in total. The molecule has 1 heterocycles. The molecule has 20 heavy (non-hydrogen) atoms. The first-order chi connectivity index (χ1) is 9.78. The van der Waals surface area contributed by atoms with Crippen LogP contribution in [-0.2, 0) is 6.54 Å². The van der Waals surface area contributed by atoms with Crippen LogP contribution in [-0.4, -0.2) is 4.98 Å². The van der Waals surface area contributed by atoms with Crippen molar-refractivity contribution in [1.29, 1.82) is 0 Å². The predicted octanol–water partition coefficient (Wildman–Crippen LogP) is 4.14. The Labute approximate surface area is 122 Å². The molecule has 0 spiro atoms. The Morgan fingerprint density at radius 3 is 2.65 bits per heavy atom. The summed E-state index contributed by atoms with van der Waals surface area (Å²) in [6.07, 6.45) is 0. The zero-order valence-corrected chi connectivity index (χ0v) is 11.5. The highest BCUT2D eigenvalue weighted by Gasteiger charge is 2.06. The molecule has 1 aromatic heterocycles. The molecule has 0 radical (unpaired) electrons. The minimum Gasteiger partial charge on any atom is -0.438 e. The molecule has 0 saturated carbocycles. The van der Waals surface area contributed by atoms with Gasteiger partial charge in [0.2, 0.25) is 5.88 Å². The standard InChI is InChI=1S/C16H13ClN2O/c17-13-8-9-16(19-14(13)10-18)20-15-7-3-5-11-4-1-2-6-12(11)15/h1-9H,10,18H2. The van der Waals surface area contributed by atoms with Gasteiger partial charge >= 0.3 is 0 Å². The van der Waals surface area contributed by atoms with Crippen LogP contribution in [0.15, 0.2) is 54.6 Å². The Hall–Kier alpha value is -2.10. The molecule has 3 rings (SSSR count). The van der Waals surface area contributed by atoms with E-state index in [0.717, 1.165) is 16.5 Å². The Balaban J connectivity index is 2.01. The van der Waals surface area contributed by atoms with Crippen LogP contribution in [0.25, 0.3) is 10.8 Å². The molecule has 0 atom stereocenters. The van der Waals surface area contributed by atoms with Gasteiger partial charge in [0.1, 0.15) is 5.75 Å². The van der Waals surface area contributed by atoms with E-state index < -0.39 is 0 Å². The van der Waals surface area contributed by atoms with Gasteiger partial charge in [0, 0.05) is 18.0 Å². The summed E-state index contributed by atoms with van der Waals surface area (Å²) in [5.41, 5.74) is 6.23. The van der Waals surface area contributed by atoms with E-state index in [0.29, 0.717) is 16.6 Å². The van der Waals surface area contributed by atoms with E-state index in [2.05, 4.69) is 4.98 Å². The smallest absolute Gasteiger partial charge is 0.219 e. The molecule has 0 saturated heterocycles. The number of hydrogen-bond acceptors (Lipinski definition) is 3. The number of nitrogens with zero attached hydrogens (tertiary/aromatic N) is 1. The molecule has 0 fully saturated rings. The Morgan fingerprint density at radius 1 is 1.00 bits per heavy atom. The van der Waals surface area contributed by atoms with Crippen molar-refractivity contribution in [3.05, 3.63) is 65.3 Å². The molecule has 100 valence electrons. The quantitative estimate of drug-likeness (QED) is 0.786. The summed E-state index contributed by atoms with van der Waals surface area (Å²) in [5, 5.41) is 2.72. The van der Waals surface area contributed by atoms with Crippen molar-refractivity contribution in [3.63, 3.8) is 0 Å². The number of ether oxygens (including phenoxy) is 1. The van der Waals surface area contributed by atoms with Crippen LogP contribution in [0.2, 0.25) is 5.02 Å². The van der Waals surface area contributed by atoms with E-state index in [1.807, 2.05) is 42.5 Å². The van der Waals surface area contributed by atoms with E-state index in [1.54, 1.807) is 12.1 Å². The Kier molecular flexibility index (Phi) is 3.54. The third-order valence-corrected chi connectivity index (χ3v) is 3.39. The van der Waals surface area contributed by atoms with Gasteiger partial charge in [-0.05, 0) is 17.5 Å². The van der Waals surface area contributed by atoms with Crippen LogP contribution in [0.1, 0.15) is 5.69 Å². The molecule has 3 aromatic rings. The van der Waals surface area contributed by atoms with E-state index in [1.165, 1.54) is 0 Å². The minimum absolute atomic E-state index is 0.283. The van der Waals surface area contributed by atoms with Gasteiger partial charge in [0.25, 0.3) is 0 Å². The van der Waals surface area contributed by atoms with Crippen LogP contribution < -0.4 is 10.5 Å². The molecule has 2 N–H and O–H groups in total. The third-order valence-electron chi connectivity index (χ3n) is 3.05. The van der Waals surface area contributed by atoms with Crippen LogP contribution in [0.5, 0.6) is 11.6 Å². The first-order valence-corrected chi connectivity index (χ1v) is 6.67. The summed E-state index contributed by atoms with van der Waals surface area (Å²) < 4.78 is 5.86. The van der Waals surface area contributed by atoms with Crippen LogP contribution in [0.4, 0.5) is 0 Å². The van der Waals surface area contributed by atoms with Crippen molar-refractivity contribution >= 4 is 22.4 Å². The Bertz CT molecular complexity index is 753. The van der Waals surface area contributed by atoms with E-state index in [4.69, 9.17) is 22.1 Å². The fraction of sp³-hybridized carbons (Fsp3) is 0.0625. The number of benzene rings is 2. The first-order valence-electron chi connectivity index (χ1n) is 6.29. The lowest BCUT2D eigenvalue weighted by atomic mass is 10.1. The second kappa shape index (κ2) is 5.49. The van der Waals surface area contributed by atoms with Crippen molar-refractivity contribution in [2.75, 3.05) is 0 Å². The zero-order chi connectivity index (χ0) is 13.9. The van der Waals surface area contributed by atoms with Gasteiger partial charge in [-0.25, -0.2) is 4.98 Å². The van der Waals surface area contributed by atoms with Crippen molar-refractivity contribution in [3.8, 4) is 11.6 Å². The van der Waals surface area contributed by atoms with Crippen molar-refractivity contribution in [1.82, 2.24) is 4.98 Å². The number of rotatable bonds is 3. The highest BCUT2D eigenvalue weighted by Crippen LogP contribution is 2.29. The lowest BCUT2D eigenvalue weighted by Gasteiger charge is -2.09. The lowest BCUT2D eigenvalue weighted by Crippen LogP contribution is -2.01. The highest BCUT2D eigenvalue weighted by atomic mass is 35.5. The molecular formula is C16H13ClN2O. The SMILES string of the molecule is NCc1nc(Oc2cccc3ccccc23)ccc1Cl. The molecule has 0 unspecified atom stereocenters. The molecular weight excluding hydrogens is 272 g/mol. The summed E-state index contributed by atoms with van der Waals surface area (Å²) in [4.78, 5) is 4.31. The number of fused-ring (bicyclic) bond motifs is 1. The van der Waals surface area contributed by atoms with E-state index in [9.17, 15) is 0 Å². The molecule has 0 amide bonds. The van der Waals surface area contributed by atoms with Gasteiger partial charge in [-0.1, -0.05) is 48.0 Å². The summed E-state index contributed by atoms with van der Waals surface area (Å²) in [7, 11) is 0. The molecule has 0 aliphatic rings. The zero-order valence-electron chi connectivity index (χ0n) is 10.7. The van der Waals surface area contributed by atoms with Gasteiger partial charge in [-0.3, -0.25) is 0 Å². The predicted molar refractivity (Wildman–Crippen MR) is 81.2 cm³/mol. The number of nitrogens with two attached hydrogens (primary N) is 1. The monoisotopic (exact) mass is 284 g/mol. The summed E-state index contributed by atoms with van der Waals surface area (Å²) in [6.45, 7) is 0.283. The molecule has 0 aliphatic heterocycles. The number of pyridine rings is 1. The van der Waals surface area contributed by atoms with Crippen LogP contribution >= 0.6 is 11.6 Å². The maximum atomic E-state index is 6.00. The molecule has 4 heteroatoms. The fourth-order valence-electron chi connectivity index (χ4n) is 2.06. The minimum atomic E-state index is 0.283. The molecule has 0 bridgehead atoms. The normalized spacial score (nSPS) is 10.7. The van der Waals surface area contributed by atoms with Gasteiger partial charge in [-0.2, -0.15) is 0 Å². The maximum absolute atomic E-state index is 6.00. The fourth-order valence-corrected chi connectivity index (χ4v) is 2.24. The van der Waals surface area contributed by atoms with E-state index >= 15 is 0 Å². The molecule has 0 aliphatic carbocycles. The number of halogens is 1. The number of hydrogen-bond donors (Lipinski definition) is 1. The van der Waals surface area contributed by atoms with Gasteiger partial charge in [0.05, 0.1) is 10.7 Å². The van der Waals surface area contributed by atoms with Crippen LogP contribution in [0, 0.1) is 0 Å². The average Bonchev–Trinajstić information content (AvgIpc) is 2.49. The van der Waals surface area contributed by atoms with Crippen LogP contribution in [0.3, 0.4) is 0 Å².